The number of carbonyl (C=O) groups is 2. The number of aryl methyl sites for hydroxylation is 1. The van der Waals surface area contributed by atoms with Crippen LogP contribution in [0.1, 0.15) is 26.3 Å². The Kier molecular flexibility index (Phi) is 2.56. The molecule has 1 aliphatic carbocycles. The van der Waals surface area contributed by atoms with Crippen LogP contribution in [0.5, 0.6) is 0 Å². The van der Waals surface area contributed by atoms with Crippen molar-refractivity contribution in [3.05, 3.63) is 56.1 Å². The summed E-state index contributed by atoms with van der Waals surface area (Å²) < 4.78 is 0. The molecule has 3 rings (SSSR count). The number of nitro groups is 1. The maximum atomic E-state index is 12.4. The predicted octanol–water partition coefficient (Wildman–Crippen LogP) is 2.22. The fourth-order valence-electron chi connectivity index (χ4n) is 2.54. The summed E-state index contributed by atoms with van der Waals surface area (Å²) in [5.41, 5.74) is 1.54. The number of ketones is 2. The van der Waals surface area contributed by atoms with Crippen LogP contribution in [0.2, 0.25) is 0 Å². The van der Waals surface area contributed by atoms with Crippen LogP contribution >= 0.6 is 11.8 Å². The number of Topliss-reactive ketones (excluding diaryl/α,β-unsaturated/α-hetero) is 2. The average molecular weight is 275 g/mol. The Labute approximate surface area is 112 Å². The molecule has 0 bridgehead atoms. The minimum atomic E-state index is -0.702. The number of allylic oxidation sites excluding steroid dienone is 1. The summed E-state index contributed by atoms with van der Waals surface area (Å²) >= 11 is 0.878. The number of fused-ring (bicyclic) bond motifs is 2. The second-order valence-corrected chi connectivity index (χ2v) is 5.71. The molecule has 19 heavy (non-hydrogen) atoms. The van der Waals surface area contributed by atoms with Crippen molar-refractivity contribution >= 4 is 23.3 Å². The Bertz CT molecular complexity index is 665. The summed E-state index contributed by atoms with van der Waals surface area (Å²) in [6.45, 7) is 1.77. The normalized spacial score (nSPS) is 24.8. The van der Waals surface area contributed by atoms with Crippen molar-refractivity contribution in [3.63, 3.8) is 0 Å². The molecule has 2 atom stereocenters. The molecule has 0 radical (unpaired) electrons. The molecule has 0 amide bonds. The van der Waals surface area contributed by atoms with Crippen molar-refractivity contribution in [2.75, 3.05) is 0 Å². The van der Waals surface area contributed by atoms with Gasteiger partial charge in [-0.05, 0) is 24.2 Å². The largest absolute Gasteiger partial charge is 0.300 e. The summed E-state index contributed by atoms with van der Waals surface area (Å²) in [7, 11) is 0. The highest BCUT2D eigenvalue weighted by molar-refractivity contribution is 8.04. The molecule has 2 aliphatic rings. The molecule has 96 valence electrons. The SMILES string of the molecule is Cc1cccc2c1C(=O)C1SC([N+](=O)[O-])=CC1C2=O. The van der Waals surface area contributed by atoms with Gasteiger partial charge in [-0.1, -0.05) is 18.2 Å². The summed E-state index contributed by atoms with van der Waals surface area (Å²) in [5.74, 6) is -1.09. The number of carbonyl (C=O) groups excluding carboxylic acids is 2. The Hall–Kier alpha value is -1.95. The van der Waals surface area contributed by atoms with E-state index in [1.165, 1.54) is 6.08 Å². The lowest BCUT2D eigenvalue weighted by molar-refractivity contribution is -0.410. The lowest BCUT2D eigenvalue weighted by Crippen LogP contribution is -2.36. The van der Waals surface area contributed by atoms with Gasteiger partial charge in [-0.15, -0.1) is 0 Å². The van der Waals surface area contributed by atoms with Gasteiger partial charge in [0.25, 0.3) is 0 Å². The van der Waals surface area contributed by atoms with E-state index in [9.17, 15) is 19.7 Å². The quantitative estimate of drug-likeness (QED) is 0.580. The third-order valence-electron chi connectivity index (χ3n) is 3.42. The number of benzene rings is 1. The van der Waals surface area contributed by atoms with Gasteiger partial charge in [0.15, 0.2) is 11.6 Å². The molecule has 0 aromatic heterocycles. The van der Waals surface area contributed by atoms with E-state index in [1.807, 2.05) is 0 Å². The molecule has 0 N–H and O–H groups in total. The molecule has 0 saturated carbocycles. The zero-order chi connectivity index (χ0) is 13.7. The van der Waals surface area contributed by atoms with Crippen molar-refractivity contribution in [3.8, 4) is 0 Å². The van der Waals surface area contributed by atoms with Crippen LogP contribution in [0, 0.1) is 23.0 Å². The number of rotatable bonds is 1. The fraction of sp³-hybridized carbons (Fsp3) is 0.231. The second-order valence-electron chi connectivity index (χ2n) is 4.55. The maximum Gasteiger partial charge on any atom is 0.300 e. The van der Waals surface area contributed by atoms with Gasteiger partial charge in [0.1, 0.15) is 0 Å². The van der Waals surface area contributed by atoms with E-state index in [4.69, 9.17) is 0 Å². The monoisotopic (exact) mass is 275 g/mol. The van der Waals surface area contributed by atoms with Gasteiger partial charge in [-0.25, -0.2) is 0 Å². The first-order chi connectivity index (χ1) is 9.00. The van der Waals surface area contributed by atoms with Gasteiger partial charge < -0.3 is 0 Å². The van der Waals surface area contributed by atoms with E-state index in [1.54, 1.807) is 25.1 Å². The Balaban J connectivity index is 2.14. The predicted molar refractivity (Wildman–Crippen MR) is 69.8 cm³/mol. The number of hydrogen-bond donors (Lipinski definition) is 0. The van der Waals surface area contributed by atoms with Gasteiger partial charge >= 0.3 is 5.03 Å². The van der Waals surface area contributed by atoms with E-state index in [-0.39, 0.29) is 16.6 Å². The Morgan fingerprint density at radius 2 is 2.00 bits per heavy atom. The number of hydrogen-bond acceptors (Lipinski definition) is 5. The van der Waals surface area contributed by atoms with Gasteiger partial charge in [-0.3, -0.25) is 19.7 Å². The lowest BCUT2D eigenvalue weighted by atomic mass is 9.80. The zero-order valence-electron chi connectivity index (χ0n) is 9.95. The molecule has 0 spiro atoms. The van der Waals surface area contributed by atoms with Gasteiger partial charge in [0, 0.05) is 17.2 Å². The highest BCUT2D eigenvalue weighted by Gasteiger charge is 2.48. The molecule has 0 saturated heterocycles. The van der Waals surface area contributed by atoms with Crippen molar-refractivity contribution < 1.29 is 14.5 Å². The first kappa shape index (κ1) is 12.1. The van der Waals surface area contributed by atoms with E-state index in [2.05, 4.69) is 0 Å². The molecule has 1 aromatic carbocycles. The average Bonchev–Trinajstić information content (AvgIpc) is 2.81. The standard InChI is InChI=1S/C13H9NO4S/c1-6-3-2-4-7-10(6)12(16)13-8(11(7)15)5-9(19-13)14(17)18/h2-5,8,13H,1H3. The minimum absolute atomic E-state index is 0.109. The first-order valence-electron chi connectivity index (χ1n) is 5.71. The lowest BCUT2D eigenvalue weighted by Gasteiger charge is -2.24. The Morgan fingerprint density at radius 1 is 1.26 bits per heavy atom. The summed E-state index contributed by atoms with van der Waals surface area (Å²) in [5, 5.41) is 10.0. The van der Waals surface area contributed by atoms with Gasteiger partial charge in [0.2, 0.25) is 0 Å². The van der Waals surface area contributed by atoms with Crippen LogP contribution in [-0.2, 0) is 0 Å². The molecule has 0 fully saturated rings. The maximum absolute atomic E-state index is 12.4. The topological polar surface area (TPSA) is 77.3 Å². The number of thioether (sulfide) groups is 1. The van der Waals surface area contributed by atoms with Crippen LogP contribution in [0.15, 0.2) is 29.3 Å². The smallest absolute Gasteiger partial charge is 0.293 e. The number of nitrogens with zero attached hydrogens (tertiary/aromatic N) is 1. The molecular weight excluding hydrogens is 266 g/mol. The first-order valence-corrected chi connectivity index (χ1v) is 6.59. The molecule has 1 aromatic rings. The third kappa shape index (κ3) is 1.63. The highest BCUT2D eigenvalue weighted by Crippen LogP contribution is 2.44. The van der Waals surface area contributed by atoms with Crippen molar-refractivity contribution in [1.82, 2.24) is 0 Å². The van der Waals surface area contributed by atoms with E-state index in [0.29, 0.717) is 11.1 Å². The summed E-state index contributed by atoms with van der Waals surface area (Å²) in [6.07, 6.45) is 1.31. The van der Waals surface area contributed by atoms with Crippen LogP contribution in [0.3, 0.4) is 0 Å². The zero-order valence-corrected chi connectivity index (χ0v) is 10.8. The van der Waals surface area contributed by atoms with E-state index < -0.39 is 16.1 Å². The minimum Gasteiger partial charge on any atom is -0.293 e. The molecule has 5 nitrogen and oxygen atoms in total. The summed E-state index contributed by atoms with van der Waals surface area (Å²) in [6, 6.07) is 5.10. The van der Waals surface area contributed by atoms with Crippen LogP contribution in [0.4, 0.5) is 0 Å². The van der Waals surface area contributed by atoms with Gasteiger partial charge in [-0.2, -0.15) is 0 Å². The molecule has 6 heteroatoms. The van der Waals surface area contributed by atoms with Crippen molar-refractivity contribution in [1.29, 1.82) is 0 Å². The van der Waals surface area contributed by atoms with E-state index >= 15 is 0 Å². The molecule has 1 aliphatic heterocycles. The Morgan fingerprint density at radius 3 is 2.68 bits per heavy atom. The van der Waals surface area contributed by atoms with Crippen molar-refractivity contribution in [2.45, 2.75) is 12.2 Å². The van der Waals surface area contributed by atoms with Crippen LogP contribution in [-0.4, -0.2) is 21.7 Å². The van der Waals surface area contributed by atoms with Crippen LogP contribution < -0.4 is 0 Å². The molecule has 1 heterocycles. The second kappa shape index (κ2) is 4.03. The summed E-state index contributed by atoms with van der Waals surface area (Å²) in [4.78, 5) is 35.0. The van der Waals surface area contributed by atoms with Crippen LogP contribution in [0.25, 0.3) is 0 Å². The van der Waals surface area contributed by atoms with Gasteiger partial charge in [0.05, 0.1) is 16.1 Å². The highest BCUT2D eigenvalue weighted by atomic mass is 32.2. The van der Waals surface area contributed by atoms with E-state index in [0.717, 1.165) is 17.3 Å². The molecule has 2 unspecified atom stereocenters. The third-order valence-corrected chi connectivity index (χ3v) is 4.71. The van der Waals surface area contributed by atoms with Crippen molar-refractivity contribution in [2.24, 2.45) is 5.92 Å². The molecular formula is C13H9NO4S. The fourth-order valence-corrected chi connectivity index (χ4v) is 3.68.